The summed E-state index contributed by atoms with van der Waals surface area (Å²) in [6, 6.07) is 11.8. The molecule has 4 heteroatoms. The standard InChI is InChI=1S/C14H12BrCl2N/c1-9-2-3-10(12(15)6-9)8-18-11-4-5-13(16)14(17)7-11/h2-7,18H,8H2,1H3. The van der Waals surface area contributed by atoms with E-state index in [1.807, 2.05) is 12.1 Å². The van der Waals surface area contributed by atoms with Crippen LogP contribution in [0.15, 0.2) is 40.9 Å². The van der Waals surface area contributed by atoms with Gasteiger partial charge in [-0.2, -0.15) is 0 Å². The van der Waals surface area contributed by atoms with Gasteiger partial charge >= 0.3 is 0 Å². The van der Waals surface area contributed by atoms with E-state index in [2.05, 4.69) is 46.4 Å². The summed E-state index contributed by atoms with van der Waals surface area (Å²) in [7, 11) is 0. The Labute approximate surface area is 125 Å². The fraction of sp³-hybridized carbons (Fsp3) is 0.143. The maximum Gasteiger partial charge on any atom is 0.0612 e. The number of rotatable bonds is 3. The largest absolute Gasteiger partial charge is 0.381 e. The Morgan fingerprint density at radius 1 is 1.06 bits per heavy atom. The lowest BCUT2D eigenvalue weighted by Crippen LogP contribution is -2.00. The summed E-state index contributed by atoms with van der Waals surface area (Å²) in [5, 5.41) is 4.44. The van der Waals surface area contributed by atoms with Crippen LogP contribution in [0.2, 0.25) is 10.0 Å². The molecular formula is C14H12BrCl2N. The maximum absolute atomic E-state index is 5.97. The van der Waals surface area contributed by atoms with Gasteiger partial charge in [0, 0.05) is 16.7 Å². The van der Waals surface area contributed by atoms with E-state index in [1.54, 1.807) is 6.07 Å². The number of nitrogens with one attached hydrogen (secondary N) is 1. The average molecular weight is 345 g/mol. The van der Waals surface area contributed by atoms with Crippen molar-refractivity contribution in [2.75, 3.05) is 5.32 Å². The van der Waals surface area contributed by atoms with Crippen LogP contribution >= 0.6 is 39.1 Å². The molecule has 2 aromatic rings. The second-order valence-electron chi connectivity index (χ2n) is 4.08. The zero-order valence-corrected chi connectivity index (χ0v) is 12.9. The van der Waals surface area contributed by atoms with Crippen molar-refractivity contribution in [1.82, 2.24) is 0 Å². The minimum Gasteiger partial charge on any atom is -0.381 e. The predicted octanol–water partition coefficient (Wildman–Crippen LogP) is 5.68. The molecule has 0 atom stereocenters. The van der Waals surface area contributed by atoms with E-state index >= 15 is 0 Å². The minimum atomic E-state index is 0.560. The molecule has 0 amide bonds. The van der Waals surface area contributed by atoms with Gasteiger partial charge in [0.1, 0.15) is 0 Å². The number of aryl methyl sites for hydroxylation is 1. The summed E-state index contributed by atoms with van der Waals surface area (Å²) in [5.41, 5.74) is 3.39. The van der Waals surface area contributed by atoms with Crippen LogP contribution in [0.25, 0.3) is 0 Å². The highest BCUT2D eigenvalue weighted by molar-refractivity contribution is 9.10. The van der Waals surface area contributed by atoms with Crippen molar-refractivity contribution in [2.45, 2.75) is 13.5 Å². The van der Waals surface area contributed by atoms with Crippen LogP contribution in [0, 0.1) is 6.92 Å². The zero-order chi connectivity index (χ0) is 13.1. The van der Waals surface area contributed by atoms with Gasteiger partial charge in [0.15, 0.2) is 0 Å². The van der Waals surface area contributed by atoms with Crippen LogP contribution < -0.4 is 5.32 Å². The monoisotopic (exact) mass is 343 g/mol. The Balaban J connectivity index is 2.09. The third kappa shape index (κ3) is 3.41. The first-order valence-corrected chi connectivity index (χ1v) is 7.05. The molecule has 0 aliphatic heterocycles. The van der Waals surface area contributed by atoms with Gasteiger partial charge in [-0.3, -0.25) is 0 Å². The van der Waals surface area contributed by atoms with E-state index < -0.39 is 0 Å². The molecule has 0 radical (unpaired) electrons. The topological polar surface area (TPSA) is 12.0 Å². The summed E-state index contributed by atoms with van der Waals surface area (Å²) in [4.78, 5) is 0. The van der Waals surface area contributed by atoms with E-state index in [4.69, 9.17) is 23.2 Å². The number of hydrogen-bond acceptors (Lipinski definition) is 1. The fourth-order valence-electron chi connectivity index (χ4n) is 1.60. The molecule has 1 nitrogen and oxygen atoms in total. The van der Waals surface area contributed by atoms with E-state index in [9.17, 15) is 0 Å². The molecule has 0 heterocycles. The Morgan fingerprint density at radius 2 is 1.83 bits per heavy atom. The van der Waals surface area contributed by atoms with Crippen molar-refractivity contribution in [3.05, 3.63) is 62.0 Å². The van der Waals surface area contributed by atoms with Crippen molar-refractivity contribution in [2.24, 2.45) is 0 Å². The molecule has 0 aliphatic carbocycles. The Hall–Kier alpha value is -0.700. The van der Waals surface area contributed by atoms with Crippen molar-refractivity contribution in [1.29, 1.82) is 0 Å². The molecule has 0 saturated carbocycles. The Bertz CT molecular complexity index is 570. The van der Waals surface area contributed by atoms with Crippen molar-refractivity contribution >= 4 is 44.8 Å². The first kappa shape index (κ1) is 13.7. The molecule has 2 rings (SSSR count). The highest BCUT2D eigenvalue weighted by atomic mass is 79.9. The summed E-state index contributed by atoms with van der Waals surface area (Å²) < 4.78 is 1.11. The molecule has 2 aromatic carbocycles. The van der Waals surface area contributed by atoms with E-state index in [0.717, 1.165) is 16.7 Å². The van der Waals surface area contributed by atoms with Gasteiger partial charge in [-0.05, 0) is 42.3 Å². The fourth-order valence-corrected chi connectivity index (χ4v) is 2.53. The quantitative estimate of drug-likeness (QED) is 0.755. The molecule has 0 aromatic heterocycles. The summed E-state index contributed by atoms with van der Waals surface area (Å²) >= 11 is 15.4. The first-order chi connectivity index (χ1) is 8.56. The van der Waals surface area contributed by atoms with Gasteiger partial charge < -0.3 is 5.32 Å². The van der Waals surface area contributed by atoms with Gasteiger partial charge in [0.05, 0.1) is 10.0 Å². The van der Waals surface area contributed by atoms with Crippen LogP contribution in [-0.4, -0.2) is 0 Å². The number of hydrogen-bond donors (Lipinski definition) is 1. The van der Waals surface area contributed by atoms with Crippen LogP contribution in [-0.2, 0) is 6.54 Å². The maximum atomic E-state index is 5.97. The molecule has 0 saturated heterocycles. The Morgan fingerprint density at radius 3 is 2.50 bits per heavy atom. The predicted molar refractivity (Wildman–Crippen MR) is 82.7 cm³/mol. The van der Waals surface area contributed by atoms with Gasteiger partial charge in [-0.15, -0.1) is 0 Å². The van der Waals surface area contributed by atoms with Gasteiger partial charge in [-0.1, -0.05) is 51.3 Å². The molecule has 0 spiro atoms. The molecule has 18 heavy (non-hydrogen) atoms. The smallest absolute Gasteiger partial charge is 0.0612 e. The zero-order valence-electron chi connectivity index (χ0n) is 9.81. The second kappa shape index (κ2) is 5.96. The van der Waals surface area contributed by atoms with Crippen LogP contribution in [0.1, 0.15) is 11.1 Å². The molecule has 0 aliphatic rings. The van der Waals surface area contributed by atoms with Crippen LogP contribution in [0.3, 0.4) is 0 Å². The lowest BCUT2D eigenvalue weighted by molar-refractivity contribution is 1.13. The summed E-state index contributed by atoms with van der Waals surface area (Å²) in [6.45, 7) is 2.81. The van der Waals surface area contributed by atoms with E-state index in [1.165, 1.54) is 11.1 Å². The lowest BCUT2D eigenvalue weighted by atomic mass is 10.1. The lowest BCUT2D eigenvalue weighted by Gasteiger charge is -2.09. The van der Waals surface area contributed by atoms with Gasteiger partial charge in [-0.25, -0.2) is 0 Å². The van der Waals surface area contributed by atoms with Crippen molar-refractivity contribution < 1.29 is 0 Å². The minimum absolute atomic E-state index is 0.560. The van der Waals surface area contributed by atoms with Crippen molar-refractivity contribution in [3.63, 3.8) is 0 Å². The highest BCUT2D eigenvalue weighted by Gasteiger charge is 2.02. The number of benzene rings is 2. The van der Waals surface area contributed by atoms with Gasteiger partial charge in [0.2, 0.25) is 0 Å². The molecule has 1 N–H and O–H groups in total. The third-order valence-corrected chi connectivity index (χ3v) is 4.09. The molecular weight excluding hydrogens is 333 g/mol. The van der Waals surface area contributed by atoms with Crippen LogP contribution in [0.4, 0.5) is 5.69 Å². The number of anilines is 1. The normalized spacial score (nSPS) is 10.4. The van der Waals surface area contributed by atoms with Gasteiger partial charge in [0.25, 0.3) is 0 Å². The van der Waals surface area contributed by atoms with Crippen LogP contribution in [0.5, 0.6) is 0 Å². The SMILES string of the molecule is Cc1ccc(CNc2ccc(Cl)c(Cl)c2)c(Br)c1. The van der Waals surface area contributed by atoms with Crippen molar-refractivity contribution in [3.8, 4) is 0 Å². The third-order valence-electron chi connectivity index (χ3n) is 2.61. The Kier molecular flexibility index (Phi) is 4.55. The highest BCUT2D eigenvalue weighted by Crippen LogP contribution is 2.26. The molecule has 0 unspecified atom stereocenters. The summed E-state index contributed by atoms with van der Waals surface area (Å²) in [6.07, 6.45) is 0. The average Bonchev–Trinajstić information content (AvgIpc) is 2.32. The first-order valence-electron chi connectivity index (χ1n) is 5.50. The molecule has 94 valence electrons. The second-order valence-corrected chi connectivity index (χ2v) is 5.75. The number of halogens is 3. The molecule has 0 bridgehead atoms. The van der Waals surface area contributed by atoms with E-state index in [0.29, 0.717) is 10.0 Å². The van der Waals surface area contributed by atoms with E-state index in [-0.39, 0.29) is 0 Å². The summed E-state index contributed by atoms with van der Waals surface area (Å²) in [5.74, 6) is 0. The molecule has 0 fully saturated rings.